The van der Waals surface area contributed by atoms with Crippen LogP contribution in [0.1, 0.15) is 13.8 Å². The van der Waals surface area contributed by atoms with Crippen molar-refractivity contribution in [2.45, 2.75) is 26.0 Å². The summed E-state index contributed by atoms with van der Waals surface area (Å²) < 4.78 is 11.3. The number of oxazole rings is 1. The minimum atomic E-state index is -0.0546. The minimum absolute atomic E-state index is 0.00106. The zero-order valence-corrected chi connectivity index (χ0v) is 12.6. The van der Waals surface area contributed by atoms with Gasteiger partial charge >= 0.3 is 0 Å². The number of phenols is 1. The van der Waals surface area contributed by atoms with E-state index in [0.29, 0.717) is 31.3 Å². The van der Waals surface area contributed by atoms with Gasteiger partial charge in [-0.05, 0) is 19.1 Å². The summed E-state index contributed by atoms with van der Waals surface area (Å²) in [5, 5.41) is 12.2. The Morgan fingerprint density at radius 3 is 3.09 bits per heavy atom. The van der Waals surface area contributed by atoms with Crippen LogP contribution in [0.5, 0.6) is 5.75 Å². The number of fused-ring (bicyclic) bond motifs is 1. The predicted octanol–water partition coefficient (Wildman–Crippen LogP) is 1.26. The number of nitrogens with one attached hydrogen (secondary N) is 1. The number of phenolic OH excluding ortho intramolecular Hbond substituents is 1. The summed E-state index contributed by atoms with van der Waals surface area (Å²) in [4.78, 5) is 17.3. The van der Waals surface area contributed by atoms with Gasteiger partial charge in [-0.25, -0.2) is 0 Å². The van der Waals surface area contributed by atoms with E-state index in [2.05, 4.69) is 10.3 Å². The van der Waals surface area contributed by atoms with Gasteiger partial charge in [0.15, 0.2) is 5.58 Å². The number of carbonyl (C=O) groups is 1. The number of nitrogens with zero attached hydrogens (tertiary/aromatic N) is 2. The molecule has 2 N–H and O–H groups in total. The largest absolute Gasteiger partial charge is 0.508 e. The summed E-state index contributed by atoms with van der Waals surface area (Å²) in [6, 6.07) is 5.39. The van der Waals surface area contributed by atoms with Crippen molar-refractivity contribution in [3.05, 3.63) is 18.2 Å². The number of anilines is 1. The number of carbonyl (C=O) groups excluding carboxylic acids is 1. The van der Waals surface area contributed by atoms with Crippen LogP contribution in [0.2, 0.25) is 0 Å². The topological polar surface area (TPSA) is 87.8 Å². The van der Waals surface area contributed by atoms with Crippen molar-refractivity contribution in [3.8, 4) is 5.75 Å². The van der Waals surface area contributed by atoms with E-state index in [-0.39, 0.29) is 23.8 Å². The van der Waals surface area contributed by atoms with Crippen LogP contribution in [0, 0.1) is 0 Å². The Hall–Kier alpha value is -2.28. The summed E-state index contributed by atoms with van der Waals surface area (Å²) in [5.74, 6) is 0.105. The van der Waals surface area contributed by atoms with Crippen molar-refractivity contribution < 1.29 is 19.1 Å². The fourth-order valence-corrected chi connectivity index (χ4v) is 2.41. The molecule has 0 spiro atoms. The van der Waals surface area contributed by atoms with E-state index < -0.39 is 0 Å². The van der Waals surface area contributed by atoms with Gasteiger partial charge < -0.3 is 24.5 Å². The number of benzene rings is 1. The maximum absolute atomic E-state index is 10.9. The van der Waals surface area contributed by atoms with E-state index in [1.54, 1.807) is 18.2 Å². The van der Waals surface area contributed by atoms with Crippen LogP contribution in [-0.4, -0.2) is 47.8 Å². The maximum atomic E-state index is 10.9. The quantitative estimate of drug-likeness (QED) is 0.865. The molecule has 0 bridgehead atoms. The van der Waals surface area contributed by atoms with Gasteiger partial charge in [0.25, 0.3) is 6.01 Å². The molecule has 1 aliphatic heterocycles. The standard InChI is InChI=1S/C15H19N3O4/c1-9(16-10(2)19)8-21-12-6-18(7-12)15-17-13-4-3-11(20)5-14(13)22-15/h3-5,9,12,20H,6-8H2,1-2H3,(H,16,19). The van der Waals surface area contributed by atoms with Crippen LogP contribution in [0.4, 0.5) is 6.01 Å². The summed E-state index contributed by atoms with van der Waals surface area (Å²) in [6.07, 6.45) is 0.111. The second-order valence-electron chi connectivity index (χ2n) is 5.61. The molecule has 2 aromatic rings. The molecule has 1 aromatic heterocycles. The lowest BCUT2D eigenvalue weighted by atomic mass is 10.2. The molecule has 1 amide bonds. The maximum Gasteiger partial charge on any atom is 0.298 e. The number of amides is 1. The molecular formula is C15H19N3O4. The Labute approximate surface area is 127 Å². The molecule has 0 aliphatic carbocycles. The summed E-state index contributed by atoms with van der Waals surface area (Å²) in [6.45, 7) is 5.29. The number of aromatic hydroxyl groups is 1. The molecule has 7 nitrogen and oxygen atoms in total. The van der Waals surface area contributed by atoms with E-state index >= 15 is 0 Å². The smallest absolute Gasteiger partial charge is 0.298 e. The highest BCUT2D eigenvalue weighted by Gasteiger charge is 2.31. The van der Waals surface area contributed by atoms with Crippen molar-refractivity contribution >= 4 is 23.0 Å². The minimum Gasteiger partial charge on any atom is -0.508 e. The van der Waals surface area contributed by atoms with Gasteiger partial charge in [-0.1, -0.05) is 0 Å². The monoisotopic (exact) mass is 305 g/mol. The van der Waals surface area contributed by atoms with E-state index in [1.807, 2.05) is 11.8 Å². The number of ether oxygens (including phenoxy) is 1. The second kappa shape index (κ2) is 5.84. The Morgan fingerprint density at radius 2 is 2.36 bits per heavy atom. The van der Waals surface area contributed by atoms with Crippen molar-refractivity contribution in [2.24, 2.45) is 0 Å². The van der Waals surface area contributed by atoms with Crippen LogP contribution >= 0.6 is 0 Å². The lowest BCUT2D eigenvalue weighted by molar-refractivity contribution is -0.120. The van der Waals surface area contributed by atoms with Gasteiger partial charge in [-0.2, -0.15) is 4.98 Å². The van der Waals surface area contributed by atoms with E-state index in [4.69, 9.17) is 9.15 Å². The molecule has 22 heavy (non-hydrogen) atoms. The zero-order chi connectivity index (χ0) is 15.7. The first kappa shape index (κ1) is 14.6. The molecule has 1 aromatic carbocycles. The highest BCUT2D eigenvalue weighted by atomic mass is 16.5. The lowest BCUT2D eigenvalue weighted by Gasteiger charge is -2.38. The molecule has 7 heteroatoms. The number of aromatic nitrogens is 1. The van der Waals surface area contributed by atoms with Crippen molar-refractivity contribution in [1.29, 1.82) is 0 Å². The second-order valence-corrected chi connectivity index (χ2v) is 5.61. The zero-order valence-electron chi connectivity index (χ0n) is 12.6. The lowest BCUT2D eigenvalue weighted by Crippen LogP contribution is -2.53. The van der Waals surface area contributed by atoms with Gasteiger partial charge in [-0.15, -0.1) is 0 Å². The van der Waals surface area contributed by atoms with Gasteiger partial charge in [0.2, 0.25) is 5.91 Å². The Kier molecular flexibility index (Phi) is 3.89. The molecular weight excluding hydrogens is 286 g/mol. The van der Waals surface area contributed by atoms with Crippen LogP contribution in [0.25, 0.3) is 11.1 Å². The summed E-state index contributed by atoms with van der Waals surface area (Å²) in [7, 11) is 0. The number of hydrogen-bond donors (Lipinski definition) is 2. The molecule has 118 valence electrons. The average molecular weight is 305 g/mol. The highest BCUT2D eigenvalue weighted by molar-refractivity contribution is 5.76. The summed E-state index contributed by atoms with van der Waals surface area (Å²) in [5.41, 5.74) is 1.29. The SMILES string of the molecule is CC(=O)NC(C)COC1CN(c2nc3ccc(O)cc3o2)C1. The van der Waals surface area contributed by atoms with Gasteiger partial charge in [0, 0.05) is 19.0 Å². The molecule has 1 saturated heterocycles. The number of rotatable bonds is 5. The molecule has 3 rings (SSSR count). The third-order valence-electron chi connectivity index (χ3n) is 3.51. The summed E-state index contributed by atoms with van der Waals surface area (Å²) >= 11 is 0. The van der Waals surface area contributed by atoms with Crippen LogP contribution in [-0.2, 0) is 9.53 Å². The van der Waals surface area contributed by atoms with Crippen molar-refractivity contribution in [2.75, 3.05) is 24.6 Å². The first-order valence-electron chi connectivity index (χ1n) is 7.24. The van der Waals surface area contributed by atoms with Gasteiger partial charge in [0.05, 0.1) is 25.8 Å². The molecule has 1 atom stereocenters. The molecule has 0 saturated carbocycles. The van der Waals surface area contributed by atoms with E-state index in [1.165, 1.54) is 6.92 Å². The van der Waals surface area contributed by atoms with Crippen LogP contribution < -0.4 is 10.2 Å². The molecule has 2 heterocycles. The van der Waals surface area contributed by atoms with Gasteiger partial charge in [0.1, 0.15) is 11.3 Å². The van der Waals surface area contributed by atoms with Crippen LogP contribution in [0.15, 0.2) is 22.6 Å². The first-order chi connectivity index (χ1) is 10.5. The van der Waals surface area contributed by atoms with E-state index in [9.17, 15) is 9.90 Å². The van der Waals surface area contributed by atoms with E-state index in [0.717, 1.165) is 5.52 Å². The molecule has 0 radical (unpaired) electrons. The average Bonchev–Trinajstić information content (AvgIpc) is 2.78. The van der Waals surface area contributed by atoms with Crippen LogP contribution in [0.3, 0.4) is 0 Å². The Morgan fingerprint density at radius 1 is 1.59 bits per heavy atom. The van der Waals surface area contributed by atoms with Gasteiger partial charge in [-0.3, -0.25) is 4.79 Å². The molecule has 1 fully saturated rings. The third-order valence-corrected chi connectivity index (χ3v) is 3.51. The Balaban J connectivity index is 1.51. The fourth-order valence-electron chi connectivity index (χ4n) is 2.41. The van der Waals surface area contributed by atoms with Crippen molar-refractivity contribution in [1.82, 2.24) is 10.3 Å². The predicted molar refractivity (Wildman–Crippen MR) is 80.9 cm³/mol. The van der Waals surface area contributed by atoms with Crippen molar-refractivity contribution in [3.63, 3.8) is 0 Å². The number of hydrogen-bond acceptors (Lipinski definition) is 6. The highest BCUT2D eigenvalue weighted by Crippen LogP contribution is 2.28. The first-order valence-corrected chi connectivity index (χ1v) is 7.24. The molecule has 1 unspecified atom stereocenters. The Bertz CT molecular complexity index is 678. The fraction of sp³-hybridized carbons (Fsp3) is 0.467. The third kappa shape index (κ3) is 3.14. The molecule has 1 aliphatic rings. The normalized spacial score (nSPS) is 16.5.